The highest BCUT2D eigenvalue weighted by atomic mass is 16.5. The summed E-state index contributed by atoms with van der Waals surface area (Å²) in [6.07, 6.45) is 12.4. The summed E-state index contributed by atoms with van der Waals surface area (Å²) < 4.78 is 5.62. The summed E-state index contributed by atoms with van der Waals surface area (Å²) in [5.74, 6) is -0.0482. The van der Waals surface area contributed by atoms with Gasteiger partial charge in [0.25, 0.3) is 5.91 Å². The minimum Gasteiger partial charge on any atom is -0.508 e. The van der Waals surface area contributed by atoms with Gasteiger partial charge in [-0.2, -0.15) is 0 Å². The molecule has 0 fully saturated rings. The van der Waals surface area contributed by atoms with Crippen LogP contribution in [0.15, 0.2) is 42.5 Å². The van der Waals surface area contributed by atoms with Crippen LogP contribution in [0.3, 0.4) is 0 Å². The monoisotopic (exact) mass is 499 g/mol. The van der Waals surface area contributed by atoms with Crippen LogP contribution in [0.4, 0.5) is 11.4 Å². The number of nitrogens with one attached hydrogen (secondary N) is 3. The molecular formula is C28H41N3O5. The van der Waals surface area contributed by atoms with E-state index >= 15 is 0 Å². The van der Waals surface area contributed by atoms with Crippen molar-refractivity contribution in [3.05, 3.63) is 42.5 Å². The van der Waals surface area contributed by atoms with E-state index in [1.54, 1.807) is 18.2 Å². The van der Waals surface area contributed by atoms with E-state index < -0.39 is 0 Å². The number of carbonyl (C=O) groups excluding carboxylic acids is 2. The number of unbranched alkanes of at least 4 members (excludes halogenated alkanes) is 9. The highest BCUT2D eigenvalue weighted by molar-refractivity contribution is 5.94. The Morgan fingerprint density at radius 3 is 2.06 bits per heavy atom. The van der Waals surface area contributed by atoms with Crippen LogP contribution in [0.5, 0.6) is 17.2 Å². The van der Waals surface area contributed by atoms with Crippen LogP contribution < -0.4 is 20.7 Å². The third-order valence-corrected chi connectivity index (χ3v) is 5.76. The van der Waals surface area contributed by atoms with Crippen molar-refractivity contribution in [2.45, 2.75) is 71.1 Å². The SMILES string of the molecule is CCCCCCCCCCCCNC(=O)COc1ccc(O)cc1NCC(=O)Nc1ccc(O)cc1. The van der Waals surface area contributed by atoms with Crippen molar-refractivity contribution < 1.29 is 24.5 Å². The standard InChI is InChI=1S/C28H41N3O5/c1-2-3-4-5-6-7-8-9-10-11-18-29-28(35)21-36-26-17-16-24(33)19-25(26)30-20-27(34)31-22-12-14-23(32)15-13-22/h12-17,19,30,32-33H,2-11,18,20-21H2,1H3,(H,29,35)(H,31,34). The van der Waals surface area contributed by atoms with Gasteiger partial charge in [0.1, 0.15) is 17.2 Å². The zero-order valence-electron chi connectivity index (χ0n) is 21.4. The Hall–Kier alpha value is -3.42. The van der Waals surface area contributed by atoms with Crippen LogP contribution in [0.2, 0.25) is 0 Å². The molecule has 0 atom stereocenters. The summed E-state index contributed by atoms with van der Waals surface area (Å²) in [6.45, 7) is 2.62. The van der Waals surface area contributed by atoms with Gasteiger partial charge in [-0.15, -0.1) is 0 Å². The maximum atomic E-state index is 12.2. The van der Waals surface area contributed by atoms with Crippen LogP contribution in [0, 0.1) is 0 Å². The zero-order valence-corrected chi connectivity index (χ0v) is 21.4. The predicted molar refractivity (Wildman–Crippen MR) is 144 cm³/mol. The summed E-state index contributed by atoms with van der Waals surface area (Å²) >= 11 is 0. The molecule has 8 nitrogen and oxygen atoms in total. The number of ether oxygens (including phenoxy) is 1. The van der Waals surface area contributed by atoms with E-state index in [1.165, 1.54) is 75.6 Å². The lowest BCUT2D eigenvalue weighted by Gasteiger charge is -2.14. The minimum absolute atomic E-state index is 0.00852. The molecule has 0 saturated carbocycles. The van der Waals surface area contributed by atoms with Crippen LogP contribution in [-0.4, -0.2) is 41.7 Å². The molecule has 0 aromatic heterocycles. The van der Waals surface area contributed by atoms with E-state index in [2.05, 4.69) is 22.9 Å². The second-order valence-electron chi connectivity index (χ2n) is 8.95. The molecule has 0 spiro atoms. The molecule has 5 N–H and O–H groups in total. The van der Waals surface area contributed by atoms with Crippen molar-refractivity contribution in [3.63, 3.8) is 0 Å². The number of hydrogen-bond donors (Lipinski definition) is 5. The molecule has 0 saturated heterocycles. The fourth-order valence-electron chi connectivity index (χ4n) is 3.74. The molecule has 36 heavy (non-hydrogen) atoms. The summed E-state index contributed by atoms with van der Waals surface area (Å²) in [5, 5.41) is 27.6. The van der Waals surface area contributed by atoms with Crippen molar-refractivity contribution in [2.75, 3.05) is 30.3 Å². The first-order valence-corrected chi connectivity index (χ1v) is 13.0. The molecular weight excluding hydrogens is 458 g/mol. The number of benzene rings is 2. The lowest BCUT2D eigenvalue weighted by atomic mass is 10.1. The summed E-state index contributed by atoms with van der Waals surface area (Å²) in [4.78, 5) is 24.4. The lowest BCUT2D eigenvalue weighted by molar-refractivity contribution is -0.123. The van der Waals surface area contributed by atoms with Gasteiger partial charge >= 0.3 is 0 Å². The molecule has 0 aliphatic rings. The molecule has 8 heteroatoms. The Morgan fingerprint density at radius 1 is 0.778 bits per heavy atom. The predicted octanol–water partition coefficient (Wildman–Crippen LogP) is 5.56. The molecule has 0 bridgehead atoms. The largest absolute Gasteiger partial charge is 0.508 e. The minimum atomic E-state index is -0.316. The first kappa shape index (κ1) is 28.8. The number of carbonyl (C=O) groups is 2. The second-order valence-corrected chi connectivity index (χ2v) is 8.95. The van der Waals surface area contributed by atoms with Gasteiger partial charge in [-0.3, -0.25) is 9.59 Å². The molecule has 2 amide bonds. The first-order chi connectivity index (χ1) is 17.5. The summed E-state index contributed by atoms with van der Waals surface area (Å²) in [6, 6.07) is 10.6. The number of phenolic OH excluding ortho intramolecular Hbond substituents is 2. The first-order valence-electron chi connectivity index (χ1n) is 13.0. The van der Waals surface area contributed by atoms with E-state index in [9.17, 15) is 19.8 Å². The molecule has 0 aliphatic carbocycles. The lowest BCUT2D eigenvalue weighted by Crippen LogP contribution is -2.30. The number of hydrogen-bond acceptors (Lipinski definition) is 6. The van der Waals surface area contributed by atoms with Crippen molar-refractivity contribution in [1.29, 1.82) is 0 Å². The third-order valence-electron chi connectivity index (χ3n) is 5.76. The van der Waals surface area contributed by atoms with E-state index in [1.807, 2.05) is 0 Å². The Morgan fingerprint density at radius 2 is 1.39 bits per heavy atom. The maximum Gasteiger partial charge on any atom is 0.257 e. The molecule has 0 unspecified atom stereocenters. The smallest absolute Gasteiger partial charge is 0.257 e. The van der Waals surface area contributed by atoms with E-state index in [-0.39, 0.29) is 36.5 Å². The van der Waals surface area contributed by atoms with Crippen LogP contribution in [0.1, 0.15) is 71.1 Å². The maximum absolute atomic E-state index is 12.2. The normalized spacial score (nSPS) is 10.6. The molecule has 2 rings (SSSR count). The Bertz CT molecular complexity index is 918. The highest BCUT2D eigenvalue weighted by Crippen LogP contribution is 2.28. The van der Waals surface area contributed by atoms with Gasteiger partial charge in [-0.05, 0) is 42.8 Å². The van der Waals surface area contributed by atoms with Crippen molar-refractivity contribution >= 4 is 23.2 Å². The van der Waals surface area contributed by atoms with Crippen molar-refractivity contribution in [3.8, 4) is 17.2 Å². The number of amides is 2. The van der Waals surface area contributed by atoms with E-state index in [0.717, 1.165) is 12.8 Å². The topological polar surface area (TPSA) is 120 Å². The second kappa shape index (κ2) is 17.1. The van der Waals surface area contributed by atoms with Crippen LogP contribution in [0.25, 0.3) is 0 Å². The number of rotatable bonds is 18. The Kier molecular flexibility index (Phi) is 13.7. The average molecular weight is 500 g/mol. The van der Waals surface area contributed by atoms with Crippen LogP contribution in [-0.2, 0) is 9.59 Å². The van der Waals surface area contributed by atoms with Gasteiger partial charge < -0.3 is 30.9 Å². The molecule has 0 heterocycles. The quantitative estimate of drug-likeness (QED) is 0.135. The molecule has 198 valence electrons. The van der Waals surface area contributed by atoms with Gasteiger partial charge in [0.2, 0.25) is 5.91 Å². The van der Waals surface area contributed by atoms with E-state index in [4.69, 9.17) is 4.74 Å². The number of aromatic hydroxyl groups is 2. The highest BCUT2D eigenvalue weighted by Gasteiger charge is 2.10. The molecule has 2 aromatic rings. The summed E-state index contributed by atoms with van der Waals surface area (Å²) in [5.41, 5.74) is 0.949. The fourth-order valence-corrected chi connectivity index (χ4v) is 3.74. The number of phenols is 2. The third kappa shape index (κ3) is 12.3. The summed E-state index contributed by atoms with van der Waals surface area (Å²) in [7, 11) is 0. The van der Waals surface area contributed by atoms with E-state index in [0.29, 0.717) is 23.7 Å². The van der Waals surface area contributed by atoms with Crippen molar-refractivity contribution in [1.82, 2.24) is 5.32 Å². The molecule has 0 aliphatic heterocycles. The van der Waals surface area contributed by atoms with Gasteiger partial charge in [-0.25, -0.2) is 0 Å². The van der Waals surface area contributed by atoms with Crippen LogP contribution >= 0.6 is 0 Å². The Labute approximate surface area is 214 Å². The fraction of sp³-hybridized carbons (Fsp3) is 0.500. The van der Waals surface area contributed by atoms with Gasteiger partial charge in [0.05, 0.1) is 12.2 Å². The van der Waals surface area contributed by atoms with Gasteiger partial charge in [0.15, 0.2) is 6.61 Å². The average Bonchev–Trinajstić information content (AvgIpc) is 2.87. The van der Waals surface area contributed by atoms with Gasteiger partial charge in [-0.1, -0.05) is 64.7 Å². The molecule has 2 aromatic carbocycles. The van der Waals surface area contributed by atoms with Crippen molar-refractivity contribution in [2.24, 2.45) is 0 Å². The van der Waals surface area contributed by atoms with Gasteiger partial charge in [0, 0.05) is 18.3 Å². The number of anilines is 2. The molecule has 0 radical (unpaired) electrons. The Balaban J connectivity index is 1.63. The zero-order chi connectivity index (χ0) is 26.0.